The van der Waals surface area contributed by atoms with Crippen LogP contribution < -0.4 is 20.1 Å². The molecule has 3 atom stereocenters. The summed E-state index contributed by atoms with van der Waals surface area (Å²) in [6.07, 6.45) is 4.11. The van der Waals surface area contributed by atoms with Gasteiger partial charge in [0.15, 0.2) is 11.5 Å². The Morgan fingerprint density at radius 3 is 2.86 bits per heavy atom. The van der Waals surface area contributed by atoms with E-state index < -0.39 is 0 Å². The van der Waals surface area contributed by atoms with Gasteiger partial charge in [0.05, 0.1) is 6.10 Å². The number of piperidine rings is 1. The molecular weight excluding hydrogens is 280 g/mol. The van der Waals surface area contributed by atoms with Gasteiger partial charge in [-0.15, -0.1) is 0 Å². The van der Waals surface area contributed by atoms with Crippen molar-refractivity contribution < 1.29 is 14.6 Å². The Kier molecular flexibility index (Phi) is 3.62. The van der Waals surface area contributed by atoms with Gasteiger partial charge in [-0.1, -0.05) is 0 Å². The molecule has 1 aromatic carbocycles. The molecule has 0 radical (unpaired) electrons. The maximum atomic E-state index is 10.2. The Hall–Kier alpha value is -1.46. The molecule has 22 heavy (non-hydrogen) atoms. The summed E-state index contributed by atoms with van der Waals surface area (Å²) in [6, 6.07) is 6.23. The third-order valence-electron chi connectivity index (χ3n) is 5.03. The van der Waals surface area contributed by atoms with Crippen molar-refractivity contribution in [2.45, 2.75) is 37.8 Å². The summed E-state index contributed by atoms with van der Waals surface area (Å²) in [5.41, 5.74) is 7.38. The highest BCUT2D eigenvalue weighted by atomic mass is 16.7. The number of hydrogen-bond donors (Lipinski definition) is 2. The van der Waals surface area contributed by atoms with Crippen molar-refractivity contribution in [3.05, 3.63) is 18.2 Å². The van der Waals surface area contributed by atoms with Crippen LogP contribution in [0.2, 0.25) is 0 Å². The lowest BCUT2D eigenvalue weighted by Crippen LogP contribution is -2.47. The summed E-state index contributed by atoms with van der Waals surface area (Å²) in [6.45, 7) is 2.11. The predicted molar refractivity (Wildman–Crippen MR) is 84.2 cm³/mol. The second-order valence-electron chi connectivity index (χ2n) is 6.94. The quantitative estimate of drug-likeness (QED) is 0.886. The molecule has 0 amide bonds. The molecule has 3 unspecified atom stereocenters. The number of nitrogens with zero attached hydrogens (tertiary/aromatic N) is 1. The summed E-state index contributed by atoms with van der Waals surface area (Å²) in [7, 11) is 0. The van der Waals surface area contributed by atoms with Crippen LogP contribution in [0.5, 0.6) is 11.5 Å². The van der Waals surface area contributed by atoms with E-state index in [4.69, 9.17) is 15.2 Å². The lowest BCUT2D eigenvalue weighted by atomic mass is 9.88. The topological polar surface area (TPSA) is 68.0 Å². The second kappa shape index (κ2) is 5.63. The molecule has 0 aromatic heterocycles. The number of aliphatic hydroxyl groups is 1. The van der Waals surface area contributed by atoms with E-state index in [9.17, 15) is 5.11 Å². The van der Waals surface area contributed by atoms with Gasteiger partial charge in [-0.05, 0) is 49.7 Å². The van der Waals surface area contributed by atoms with Crippen molar-refractivity contribution in [3.8, 4) is 11.5 Å². The van der Waals surface area contributed by atoms with E-state index in [1.165, 1.54) is 12.8 Å². The summed E-state index contributed by atoms with van der Waals surface area (Å²) < 4.78 is 10.8. The number of fused-ring (bicyclic) bond motifs is 1. The number of benzene rings is 1. The molecular formula is C17H24N2O3. The van der Waals surface area contributed by atoms with E-state index >= 15 is 0 Å². The van der Waals surface area contributed by atoms with Crippen LogP contribution in [0.15, 0.2) is 18.2 Å². The monoisotopic (exact) mass is 304 g/mol. The van der Waals surface area contributed by atoms with E-state index in [1.807, 2.05) is 12.1 Å². The van der Waals surface area contributed by atoms with Crippen molar-refractivity contribution in [3.63, 3.8) is 0 Å². The molecule has 0 bridgehead atoms. The molecule has 4 rings (SSSR count). The minimum Gasteiger partial charge on any atom is -0.454 e. The first kappa shape index (κ1) is 14.2. The normalized spacial score (nSPS) is 28.7. The van der Waals surface area contributed by atoms with Gasteiger partial charge >= 0.3 is 0 Å². The number of ether oxygens (including phenoxy) is 2. The van der Waals surface area contributed by atoms with Crippen LogP contribution in [0.4, 0.5) is 5.69 Å². The van der Waals surface area contributed by atoms with Gasteiger partial charge in [0.25, 0.3) is 0 Å². The largest absolute Gasteiger partial charge is 0.454 e. The van der Waals surface area contributed by atoms with E-state index in [-0.39, 0.29) is 12.1 Å². The first-order valence-corrected chi connectivity index (χ1v) is 8.27. The highest BCUT2D eigenvalue weighted by molar-refractivity contribution is 5.57. The van der Waals surface area contributed by atoms with Crippen LogP contribution in [0.1, 0.15) is 25.7 Å². The Bertz CT molecular complexity index is 547. The lowest BCUT2D eigenvalue weighted by Gasteiger charge is -2.38. The number of rotatable bonds is 4. The number of anilines is 1. The highest BCUT2D eigenvalue weighted by Gasteiger charge is 2.34. The average Bonchev–Trinajstić information content (AvgIpc) is 3.24. The van der Waals surface area contributed by atoms with Gasteiger partial charge in [0, 0.05) is 30.9 Å². The molecule has 1 saturated heterocycles. The van der Waals surface area contributed by atoms with Crippen LogP contribution in [0.3, 0.4) is 0 Å². The van der Waals surface area contributed by atoms with Crippen LogP contribution >= 0.6 is 0 Å². The van der Waals surface area contributed by atoms with E-state index in [2.05, 4.69) is 11.0 Å². The zero-order valence-electron chi connectivity index (χ0n) is 12.8. The Morgan fingerprint density at radius 2 is 2.05 bits per heavy atom. The van der Waals surface area contributed by atoms with Gasteiger partial charge in [0.2, 0.25) is 6.79 Å². The van der Waals surface area contributed by atoms with Crippen molar-refractivity contribution in [2.75, 3.05) is 24.8 Å². The molecule has 3 aliphatic rings. The summed E-state index contributed by atoms with van der Waals surface area (Å²) >= 11 is 0. The summed E-state index contributed by atoms with van der Waals surface area (Å²) in [5.74, 6) is 2.62. The molecule has 1 saturated carbocycles. The van der Waals surface area contributed by atoms with Crippen molar-refractivity contribution >= 4 is 5.69 Å². The fraction of sp³-hybridized carbons (Fsp3) is 0.647. The minimum atomic E-state index is -0.145. The molecule has 2 aliphatic heterocycles. The molecule has 5 nitrogen and oxygen atoms in total. The minimum absolute atomic E-state index is 0.145. The highest BCUT2D eigenvalue weighted by Crippen LogP contribution is 2.38. The molecule has 1 aromatic rings. The van der Waals surface area contributed by atoms with Crippen LogP contribution in [0.25, 0.3) is 0 Å². The molecule has 2 heterocycles. The first-order chi connectivity index (χ1) is 10.7. The number of hydrogen-bond acceptors (Lipinski definition) is 5. The summed E-state index contributed by atoms with van der Waals surface area (Å²) in [5, 5.41) is 10.2. The van der Waals surface area contributed by atoms with E-state index in [1.54, 1.807) is 0 Å². The zero-order valence-corrected chi connectivity index (χ0v) is 12.8. The van der Waals surface area contributed by atoms with Crippen LogP contribution in [0, 0.1) is 11.8 Å². The maximum absolute atomic E-state index is 10.2. The Labute approximate surface area is 131 Å². The smallest absolute Gasteiger partial charge is 0.231 e. The molecule has 0 spiro atoms. The molecule has 3 N–H and O–H groups in total. The summed E-state index contributed by atoms with van der Waals surface area (Å²) in [4.78, 5) is 2.32. The van der Waals surface area contributed by atoms with Gasteiger partial charge in [-0.25, -0.2) is 0 Å². The fourth-order valence-corrected chi connectivity index (χ4v) is 3.72. The van der Waals surface area contributed by atoms with Crippen LogP contribution in [-0.4, -0.2) is 37.1 Å². The maximum Gasteiger partial charge on any atom is 0.231 e. The SMILES string of the molecule is NC1CC(CC(O)C2CC2)CN(c2ccc3c(c2)OCO3)C1. The van der Waals surface area contributed by atoms with Crippen molar-refractivity contribution in [1.82, 2.24) is 0 Å². The Balaban J connectivity index is 1.46. The predicted octanol–water partition coefficient (Wildman–Crippen LogP) is 1.73. The van der Waals surface area contributed by atoms with Crippen molar-refractivity contribution in [1.29, 1.82) is 0 Å². The fourth-order valence-electron chi connectivity index (χ4n) is 3.72. The van der Waals surface area contributed by atoms with Gasteiger partial charge < -0.3 is 25.2 Å². The van der Waals surface area contributed by atoms with Gasteiger partial charge in [0.1, 0.15) is 0 Å². The van der Waals surface area contributed by atoms with Crippen molar-refractivity contribution in [2.24, 2.45) is 17.6 Å². The number of aliphatic hydroxyl groups excluding tert-OH is 1. The zero-order chi connectivity index (χ0) is 15.1. The van der Waals surface area contributed by atoms with Gasteiger partial charge in [-0.2, -0.15) is 0 Å². The molecule has 1 aliphatic carbocycles. The Morgan fingerprint density at radius 1 is 1.23 bits per heavy atom. The molecule has 2 fully saturated rings. The molecule has 120 valence electrons. The second-order valence-corrected chi connectivity index (χ2v) is 6.94. The standard InChI is InChI=1S/C17H24N2O3/c18-13-5-11(6-15(20)12-1-2-12)8-19(9-13)14-3-4-16-17(7-14)22-10-21-16/h3-4,7,11-13,15,20H,1-2,5-6,8-10,18H2. The van der Waals surface area contributed by atoms with E-state index in [0.29, 0.717) is 18.6 Å². The molecule has 5 heteroatoms. The average molecular weight is 304 g/mol. The lowest BCUT2D eigenvalue weighted by molar-refractivity contribution is 0.114. The van der Waals surface area contributed by atoms with Crippen LogP contribution in [-0.2, 0) is 0 Å². The first-order valence-electron chi connectivity index (χ1n) is 8.27. The third kappa shape index (κ3) is 2.88. The number of nitrogens with two attached hydrogens (primary N) is 1. The van der Waals surface area contributed by atoms with Gasteiger partial charge in [-0.3, -0.25) is 0 Å². The third-order valence-corrected chi connectivity index (χ3v) is 5.03. The van der Waals surface area contributed by atoms with E-state index in [0.717, 1.165) is 43.1 Å².